The van der Waals surface area contributed by atoms with Gasteiger partial charge in [0.15, 0.2) is 4.80 Å². The predicted molar refractivity (Wildman–Crippen MR) is 132 cm³/mol. The standard InChI is InChI=1S/C27H22N2O4S/c1-3-33-26(32)23-16(2)28-27-29(24(23)18-10-5-4-6-11-18)25(31)22(34-27)15-20-19-12-8-7-9-17(19)13-14-21(20)30/h4-15,24,30H,3H2,1-2H3. The largest absolute Gasteiger partial charge is 0.507 e. The van der Waals surface area contributed by atoms with E-state index in [0.29, 0.717) is 26.2 Å². The number of aromatic hydroxyl groups is 1. The second-order valence-electron chi connectivity index (χ2n) is 7.93. The van der Waals surface area contributed by atoms with Gasteiger partial charge in [-0.05, 0) is 42.3 Å². The Kier molecular flexibility index (Phi) is 5.63. The fourth-order valence-corrected chi connectivity index (χ4v) is 5.34. The third kappa shape index (κ3) is 3.64. The quantitative estimate of drug-likeness (QED) is 0.462. The minimum atomic E-state index is -0.653. The molecule has 0 aliphatic carbocycles. The molecule has 1 atom stereocenters. The highest BCUT2D eigenvalue weighted by atomic mass is 32.1. The van der Waals surface area contributed by atoms with Crippen LogP contribution in [0.2, 0.25) is 0 Å². The Bertz CT molecular complexity index is 1630. The molecule has 0 saturated heterocycles. The van der Waals surface area contributed by atoms with Crippen molar-refractivity contribution in [2.75, 3.05) is 6.61 Å². The molecule has 6 nitrogen and oxygen atoms in total. The summed E-state index contributed by atoms with van der Waals surface area (Å²) in [6.45, 7) is 3.73. The number of thiazole rings is 1. The molecule has 1 N–H and O–H groups in total. The van der Waals surface area contributed by atoms with E-state index >= 15 is 0 Å². The molecular weight excluding hydrogens is 448 g/mol. The van der Waals surface area contributed by atoms with Gasteiger partial charge in [-0.15, -0.1) is 0 Å². The minimum absolute atomic E-state index is 0.0903. The van der Waals surface area contributed by atoms with Gasteiger partial charge in [-0.25, -0.2) is 9.79 Å². The number of hydrogen-bond donors (Lipinski definition) is 1. The van der Waals surface area contributed by atoms with Crippen LogP contribution in [0.15, 0.2) is 87.8 Å². The molecule has 0 fully saturated rings. The van der Waals surface area contributed by atoms with Crippen LogP contribution in [-0.4, -0.2) is 22.2 Å². The second-order valence-corrected chi connectivity index (χ2v) is 8.94. The molecule has 5 rings (SSSR count). The monoisotopic (exact) mass is 470 g/mol. The maximum atomic E-state index is 13.7. The van der Waals surface area contributed by atoms with E-state index in [0.717, 1.165) is 16.3 Å². The summed E-state index contributed by atoms with van der Waals surface area (Å²) in [6.07, 6.45) is 1.70. The minimum Gasteiger partial charge on any atom is -0.507 e. The smallest absolute Gasteiger partial charge is 0.338 e. The summed E-state index contributed by atoms with van der Waals surface area (Å²) in [4.78, 5) is 31.7. The first kappa shape index (κ1) is 21.9. The number of rotatable bonds is 4. The Balaban J connectivity index is 1.78. The summed E-state index contributed by atoms with van der Waals surface area (Å²) in [6, 6.07) is 19.9. The number of benzene rings is 3. The number of carbonyl (C=O) groups excluding carboxylic acids is 1. The number of nitrogens with zero attached hydrogens (tertiary/aromatic N) is 2. The summed E-state index contributed by atoms with van der Waals surface area (Å²) >= 11 is 1.23. The number of phenolic OH excluding ortho intramolecular Hbond substituents is 1. The fourth-order valence-electron chi connectivity index (χ4n) is 4.31. The van der Waals surface area contributed by atoms with Crippen molar-refractivity contribution in [2.45, 2.75) is 19.9 Å². The van der Waals surface area contributed by atoms with Gasteiger partial charge in [-0.3, -0.25) is 9.36 Å². The Morgan fingerprint density at radius 2 is 1.85 bits per heavy atom. The zero-order chi connectivity index (χ0) is 23.8. The van der Waals surface area contributed by atoms with E-state index in [1.807, 2.05) is 60.7 Å². The van der Waals surface area contributed by atoms with E-state index < -0.39 is 12.0 Å². The Morgan fingerprint density at radius 3 is 2.62 bits per heavy atom. The lowest BCUT2D eigenvalue weighted by atomic mass is 9.96. The number of fused-ring (bicyclic) bond motifs is 2. The fraction of sp³-hybridized carbons (Fsp3) is 0.148. The summed E-state index contributed by atoms with van der Waals surface area (Å²) in [5.41, 5.74) is 1.95. The summed E-state index contributed by atoms with van der Waals surface area (Å²) in [5.74, 6) is -0.397. The molecular formula is C27H22N2O4S. The van der Waals surface area contributed by atoms with E-state index in [2.05, 4.69) is 4.99 Å². The van der Waals surface area contributed by atoms with Crippen molar-refractivity contribution in [1.29, 1.82) is 0 Å². The number of hydrogen-bond acceptors (Lipinski definition) is 6. The maximum absolute atomic E-state index is 13.7. The number of aromatic nitrogens is 1. The molecule has 7 heteroatoms. The molecule has 0 amide bonds. The van der Waals surface area contributed by atoms with Gasteiger partial charge in [0.25, 0.3) is 5.56 Å². The van der Waals surface area contributed by atoms with E-state index in [4.69, 9.17) is 4.74 Å². The molecule has 4 aromatic rings. The molecule has 170 valence electrons. The lowest BCUT2D eigenvalue weighted by Gasteiger charge is -2.24. The summed E-state index contributed by atoms with van der Waals surface area (Å²) in [7, 11) is 0. The molecule has 0 radical (unpaired) electrons. The highest BCUT2D eigenvalue weighted by molar-refractivity contribution is 7.07. The molecule has 1 unspecified atom stereocenters. The lowest BCUT2D eigenvalue weighted by Crippen LogP contribution is -2.39. The molecule has 1 aliphatic heterocycles. The highest BCUT2D eigenvalue weighted by Crippen LogP contribution is 2.31. The number of phenols is 1. The topological polar surface area (TPSA) is 80.9 Å². The normalized spacial score (nSPS) is 15.8. The molecule has 2 heterocycles. The SMILES string of the molecule is CCOC(=O)C1=C(C)N=c2sc(=Cc3c(O)ccc4ccccc34)c(=O)n2C1c1ccccc1. The molecule has 1 aliphatic rings. The van der Waals surface area contributed by atoms with Crippen LogP contribution in [0.1, 0.15) is 31.0 Å². The molecule has 0 spiro atoms. The third-order valence-corrected chi connectivity index (χ3v) is 6.84. The summed E-state index contributed by atoms with van der Waals surface area (Å²) < 4.78 is 7.28. The zero-order valence-corrected chi connectivity index (χ0v) is 19.5. The van der Waals surface area contributed by atoms with Crippen molar-refractivity contribution < 1.29 is 14.6 Å². The number of esters is 1. The van der Waals surface area contributed by atoms with Gasteiger partial charge in [0.2, 0.25) is 0 Å². The van der Waals surface area contributed by atoms with Crippen LogP contribution in [0.5, 0.6) is 5.75 Å². The Labute approximate surface area is 199 Å². The van der Waals surface area contributed by atoms with Gasteiger partial charge >= 0.3 is 5.97 Å². The van der Waals surface area contributed by atoms with Gasteiger partial charge in [0, 0.05) is 5.56 Å². The number of allylic oxidation sites excluding steroid dienone is 1. The van der Waals surface area contributed by atoms with E-state index in [-0.39, 0.29) is 17.9 Å². The maximum Gasteiger partial charge on any atom is 0.338 e. The molecule has 1 aromatic heterocycles. The van der Waals surface area contributed by atoms with Gasteiger partial charge in [0.1, 0.15) is 5.75 Å². The van der Waals surface area contributed by atoms with E-state index in [1.165, 1.54) is 11.3 Å². The average Bonchev–Trinajstić information content (AvgIpc) is 3.15. The second kappa shape index (κ2) is 8.76. The van der Waals surface area contributed by atoms with Crippen molar-refractivity contribution >= 4 is 34.2 Å². The Morgan fingerprint density at radius 1 is 1.12 bits per heavy atom. The van der Waals surface area contributed by atoms with Crippen LogP contribution in [-0.2, 0) is 9.53 Å². The molecule has 0 bridgehead atoms. The first-order valence-corrected chi connectivity index (χ1v) is 11.8. The first-order valence-electron chi connectivity index (χ1n) is 10.9. The van der Waals surface area contributed by atoms with Crippen molar-refractivity contribution in [1.82, 2.24) is 4.57 Å². The van der Waals surface area contributed by atoms with Crippen molar-refractivity contribution in [3.63, 3.8) is 0 Å². The van der Waals surface area contributed by atoms with Gasteiger partial charge < -0.3 is 9.84 Å². The Hall–Kier alpha value is -3.97. The van der Waals surface area contributed by atoms with Crippen molar-refractivity contribution in [3.8, 4) is 5.75 Å². The summed E-state index contributed by atoms with van der Waals surface area (Å²) in [5, 5.41) is 12.4. The molecule has 0 saturated carbocycles. The van der Waals surface area contributed by atoms with E-state index in [9.17, 15) is 14.7 Å². The molecule has 3 aromatic carbocycles. The average molecular weight is 471 g/mol. The first-order chi connectivity index (χ1) is 16.5. The van der Waals surface area contributed by atoms with Gasteiger partial charge in [-0.2, -0.15) is 0 Å². The third-order valence-electron chi connectivity index (χ3n) is 5.86. The number of ether oxygens (including phenoxy) is 1. The van der Waals surface area contributed by atoms with Crippen molar-refractivity contribution in [2.24, 2.45) is 4.99 Å². The van der Waals surface area contributed by atoms with Crippen molar-refractivity contribution in [3.05, 3.63) is 109 Å². The van der Waals surface area contributed by atoms with E-state index in [1.54, 1.807) is 30.6 Å². The molecule has 34 heavy (non-hydrogen) atoms. The highest BCUT2D eigenvalue weighted by Gasteiger charge is 2.33. The van der Waals surface area contributed by atoms with Crippen LogP contribution in [0, 0.1) is 0 Å². The number of carbonyl (C=O) groups is 1. The zero-order valence-electron chi connectivity index (χ0n) is 18.7. The van der Waals surface area contributed by atoms with Crippen LogP contribution in [0.25, 0.3) is 16.8 Å². The van der Waals surface area contributed by atoms with Crippen LogP contribution in [0.3, 0.4) is 0 Å². The lowest BCUT2D eigenvalue weighted by molar-refractivity contribution is -0.139. The van der Waals surface area contributed by atoms with Gasteiger partial charge in [-0.1, -0.05) is 72.0 Å². The van der Waals surface area contributed by atoms with Gasteiger partial charge in [0.05, 0.1) is 28.5 Å². The van der Waals surface area contributed by atoms with Crippen LogP contribution in [0.4, 0.5) is 0 Å². The van der Waals surface area contributed by atoms with Crippen LogP contribution < -0.4 is 14.9 Å². The predicted octanol–water partition coefficient (Wildman–Crippen LogP) is 3.66. The van der Waals surface area contributed by atoms with Crippen LogP contribution >= 0.6 is 11.3 Å².